The lowest BCUT2D eigenvalue weighted by molar-refractivity contribution is -0.346. The predicted octanol–water partition coefficient (Wildman–Crippen LogP) is 3.23. The van der Waals surface area contributed by atoms with Gasteiger partial charge in [-0.05, 0) is 38.0 Å². The molecule has 4 rings (SSSR count). The summed E-state index contributed by atoms with van der Waals surface area (Å²) in [5.74, 6) is 0.218. The van der Waals surface area contributed by atoms with Crippen molar-refractivity contribution in [3.63, 3.8) is 0 Å². The molecule has 1 aliphatic heterocycles. The van der Waals surface area contributed by atoms with Crippen LogP contribution >= 0.6 is 0 Å². The Morgan fingerprint density at radius 1 is 1.22 bits per heavy atom. The number of hydrogen-bond acceptors (Lipinski definition) is 4. The van der Waals surface area contributed by atoms with Crippen molar-refractivity contribution in [3.05, 3.63) is 11.4 Å². The minimum absolute atomic E-state index is 0.0640. The van der Waals surface area contributed by atoms with Crippen molar-refractivity contribution in [1.82, 2.24) is 19.9 Å². The summed E-state index contributed by atoms with van der Waals surface area (Å²) in [4.78, 5) is 14.7. The van der Waals surface area contributed by atoms with E-state index < -0.39 is 18.4 Å². The van der Waals surface area contributed by atoms with Gasteiger partial charge >= 0.3 is 6.36 Å². The molecule has 2 fully saturated rings. The highest BCUT2D eigenvalue weighted by Crippen LogP contribution is 2.39. The third-order valence-corrected chi connectivity index (χ3v) is 6.11. The second-order valence-corrected chi connectivity index (χ2v) is 8.22. The van der Waals surface area contributed by atoms with E-state index in [2.05, 4.69) is 22.0 Å². The number of aromatic nitrogens is 3. The number of rotatable bonds is 3. The fourth-order valence-electron chi connectivity index (χ4n) is 4.67. The molecule has 0 bridgehead atoms. The molecule has 6 nitrogen and oxygen atoms in total. The Bertz CT molecular complexity index is 699. The van der Waals surface area contributed by atoms with Crippen molar-refractivity contribution >= 4 is 5.91 Å². The van der Waals surface area contributed by atoms with Gasteiger partial charge in [0, 0.05) is 18.9 Å². The van der Waals surface area contributed by atoms with Gasteiger partial charge in [-0.2, -0.15) is 0 Å². The Morgan fingerprint density at radius 2 is 2.00 bits per heavy atom. The molecular weight excluding hydrogens is 361 g/mol. The highest BCUT2D eigenvalue weighted by atomic mass is 19.4. The molecule has 3 aliphatic rings. The van der Waals surface area contributed by atoms with Gasteiger partial charge in [-0.15, -0.1) is 18.3 Å². The molecule has 2 saturated carbocycles. The first-order valence-electron chi connectivity index (χ1n) is 9.76. The average Bonchev–Trinajstić information content (AvgIpc) is 2.99. The van der Waals surface area contributed by atoms with Crippen molar-refractivity contribution in [1.29, 1.82) is 0 Å². The summed E-state index contributed by atoms with van der Waals surface area (Å²) in [6.07, 6.45) is -1.08. The van der Waals surface area contributed by atoms with E-state index in [0.717, 1.165) is 24.2 Å². The first kappa shape index (κ1) is 18.7. The van der Waals surface area contributed by atoms with Crippen LogP contribution in [0.3, 0.4) is 0 Å². The van der Waals surface area contributed by atoms with Crippen LogP contribution in [0.1, 0.15) is 62.9 Å². The molecule has 0 unspecified atom stereocenters. The van der Waals surface area contributed by atoms with E-state index in [1.54, 1.807) is 4.90 Å². The van der Waals surface area contributed by atoms with Crippen LogP contribution < -0.4 is 0 Å². The number of alkyl halides is 3. The van der Waals surface area contributed by atoms with Crippen molar-refractivity contribution in [2.45, 2.75) is 76.9 Å². The predicted molar refractivity (Wildman–Crippen MR) is 89.5 cm³/mol. The molecular formula is C18H25F3N4O2. The molecule has 1 aromatic heterocycles. The topological polar surface area (TPSA) is 60.2 Å². The van der Waals surface area contributed by atoms with Gasteiger partial charge in [-0.25, -0.2) is 4.68 Å². The van der Waals surface area contributed by atoms with Gasteiger partial charge in [0.25, 0.3) is 0 Å². The van der Waals surface area contributed by atoms with Crippen LogP contribution in [0.25, 0.3) is 0 Å². The fraction of sp³-hybridized carbons (Fsp3) is 0.833. The number of fused-ring (bicyclic) bond motifs is 1. The second kappa shape index (κ2) is 7.07. The molecule has 0 saturated heterocycles. The van der Waals surface area contributed by atoms with Crippen LogP contribution in [0.5, 0.6) is 0 Å². The number of amides is 1. The van der Waals surface area contributed by atoms with Crippen LogP contribution in [-0.2, 0) is 22.5 Å². The third kappa shape index (κ3) is 3.97. The Kier molecular flexibility index (Phi) is 4.90. The zero-order valence-electron chi connectivity index (χ0n) is 15.4. The minimum atomic E-state index is -4.65. The van der Waals surface area contributed by atoms with Crippen molar-refractivity contribution in [2.75, 3.05) is 6.54 Å². The van der Waals surface area contributed by atoms with Gasteiger partial charge in [-0.3, -0.25) is 9.53 Å². The second-order valence-electron chi connectivity index (χ2n) is 8.22. The minimum Gasteiger partial charge on any atom is -0.336 e. The molecule has 27 heavy (non-hydrogen) atoms. The van der Waals surface area contributed by atoms with Gasteiger partial charge in [0.2, 0.25) is 5.91 Å². The summed E-state index contributed by atoms with van der Waals surface area (Å²) in [7, 11) is 0. The summed E-state index contributed by atoms with van der Waals surface area (Å²) in [6, 6.07) is 0.352. The highest BCUT2D eigenvalue weighted by molar-refractivity contribution is 5.79. The molecule has 0 N–H and O–H groups in total. The summed E-state index contributed by atoms with van der Waals surface area (Å²) in [6.45, 7) is 3.21. The number of carbonyl (C=O) groups excluding carboxylic acids is 1. The Balaban J connectivity index is 1.41. The normalized spacial score (nSPS) is 31.3. The average molecular weight is 386 g/mol. The molecule has 1 aromatic rings. The SMILES string of the molecule is CC1CC(n2nnc3c2CN(C(=O)[C@@H]2CCC[C@H](OC(F)(F)F)C2)CC3)C1. The molecule has 150 valence electrons. The van der Waals surface area contributed by atoms with Gasteiger partial charge in [0.1, 0.15) is 0 Å². The number of ether oxygens (including phenoxy) is 1. The summed E-state index contributed by atoms with van der Waals surface area (Å²) >= 11 is 0. The van der Waals surface area contributed by atoms with Crippen LogP contribution in [0.4, 0.5) is 13.2 Å². The van der Waals surface area contributed by atoms with Crippen LogP contribution in [0.15, 0.2) is 0 Å². The van der Waals surface area contributed by atoms with Gasteiger partial charge in [-0.1, -0.05) is 18.6 Å². The van der Waals surface area contributed by atoms with Crippen LogP contribution in [0, 0.1) is 11.8 Å². The number of carbonyl (C=O) groups is 1. The molecule has 0 spiro atoms. The third-order valence-electron chi connectivity index (χ3n) is 6.11. The van der Waals surface area contributed by atoms with Crippen LogP contribution in [-0.4, -0.2) is 44.8 Å². The Morgan fingerprint density at radius 3 is 2.70 bits per heavy atom. The molecule has 1 amide bonds. The van der Waals surface area contributed by atoms with E-state index in [1.807, 2.05) is 4.68 Å². The highest BCUT2D eigenvalue weighted by Gasteiger charge is 2.39. The molecule has 0 radical (unpaired) electrons. The van der Waals surface area contributed by atoms with Crippen molar-refractivity contribution < 1.29 is 22.7 Å². The van der Waals surface area contributed by atoms with Gasteiger partial charge in [0.05, 0.1) is 30.1 Å². The molecule has 2 aliphatic carbocycles. The lowest BCUT2D eigenvalue weighted by Crippen LogP contribution is -2.43. The van der Waals surface area contributed by atoms with E-state index in [0.29, 0.717) is 50.7 Å². The van der Waals surface area contributed by atoms with Crippen molar-refractivity contribution in [3.8, 4) is 0 Å². The summed E-state index contributed by atoms with van der Waals surface area (Å²) < 4.78 is 43.7. The maximum Gasteiger partial charge on any atom is 0.522 e. The van der Waals surface area contributed by atoms with E-state index in [-0.39, 0.29) is 12.3 Å². The Hall–Kier alpha value is -1.64. The lowest BCUT2D eigenvalue weighted by atomic mass is 9.82. The van der Waals surface area contributed by atoms with E-state index in [4.69, 9.17) is 0 Å². The zero-order valence-corrected chi connectivity index (χ0v) is 15.4. The summed E-state index contributed by atoms with van der Waals surface area (Å²) in [5.41, 5.74) is 1.94. The quantitative estimate of drug-likeness (QED) is 0.800. The zero-order chi connectivity index (χ0) is 19.2. The van der Waals surface area contributed by atoms with Crippen molar-refractivity contribution in [2.24, 2.45) is 11.8 Å². The molecule has 0 aromatic carbocycles. The Labute approximate surface area is 156 Å². The number of halogens is 3. The largest absolute Gasteiger partial charge is 0.522 e. The van der Waals surface area contributed by atoms with E-state index in [1.165, 1.54) is 0 Å². The maximum absolute atomic E-state index is 13.0. The molecule has 2 heterocycles. The molecule has 2 atom stereocenters. The number of hydrogen-bond donors (Lipinski definition) is 0. The van der Waals surface area contributed by atoms with E-state index >= 15 is 0 Å². The van der Waals surface area contributed by atoms with E-state index in [9.17, 15) is 18.0 Å². The first-order valence-corrected chi connectivity index (χ1v) is 9.76. The summed E-state index contributed by atoms with van der Waals surface area (Å²) in [5, 5.41) is 8.57. The smallest absolute Gasteiger partial charge is 0.336 e. The maximum atomic E-state index is 13.0. The lowest BCUT2D eigenvalue weighted by Gasteiger charge is -2.37. The molecule has 9 heteroatoms. The fourth-order valence-corrected chi connectivity index (χ4v) is 4.67. The first-order chi connectivity index (χ1) is 12.8. The van der Waals surface area contributed by atoms with Crippen LogP contribution in [0.2, 0.25) is 0 Å². The van der Waals surface area contributed by atoms with Gasteiger partial charge < -0.3 is 4.90 Å². The monoisotopic (exact) mass is 386 g/mol. The standard InChI is InChI=1S/C18H25F3N4O2/c1-11-7-13(8-11)25-16-10-24(6-5-15(16)22-23-25)17(26)12-3-2-4-14(9-12)27-18(19,20)21/h11-14H,2-10H2,1H3/t11?,12-,13?,14+/m1/s1. The van der Waals surface area contributed by atoms with Gasteiger partial charge in [0.15, 0.2) is 0 Å². The number of nitrogens with zero attached hydrogens (tertiary/aromatic N) is 4.